The van der Waals surface area contributed by atoms with Crippen LogP contribution >= 0.6 is 0 Å². The molecule has 0 spiro atoms. The summed E-state index contributed by atoms with van der Waals surface area (Å²) < 4.78 is 4.74. The molecule has 0 radical (unpaired) electrons. The molecule has 0 saturated carbocycles. The first-order chi connectivity index (χ1) is 7.34. The molecule has 1 atom stereocenters. The Bertz CT molecular complexity index is 378. The number of esters is 1. The number of carboxylic acids is 1. The quantitative estimate of drug-likeness (QED) is 0.440. The van der Waals surface area contributed by atoms with Gasteiger partial charge in [-0.2, -0.15) is 0 Å². The van der Waals surface area contributed by atoms with Crippen LogP contribution in [0, 0.1) is 5.92 Å². The molecule has 0 aliphatic carbocycles. The van der Waals surface area contributed by atoms with E-state index in [-0.39, 0.29) is 11.5 Å². The summed E-state index contributed by atoms with van der Waals surface area (Å²) in [7, 11) is 0. The molecule has 1 rings (SSSR count). The van der Waals surface area contributed by atoms with Gasteiger partial charge in [0.15, 0.2) is 6.10 Å². The van der Waals surface area contributed by atoms with Crippen LogP contribution in [0.5, 0.6) is 0 Å². The molecular formula is C11H14O5. The second-order valence-electron chi connectivity index (χ2n) is 4.07. The number of rotatable bonds is 3. The van der Waals surface area contributed by atoms with Gasteiger partial charge >= 0.3 is 11.9 Å². The van der Waals surface area contributed by atoms with Crippen molar-refractivity contribution in [3.8, 4) is 0 Å². The zero-order valence-corrected chi connectivity index (χ0v) is 9.44. The van der Waals surface area contributed by atoms with Crippen LogP contribution in [0.4, 0.5) is 0 Å². The van der Waals surface area contributed by atoms with E-state index >= 15 is 0 Å². The minimum atomic E-state index is -1.16. The van der Waals surface area contributed by atoms with E-state index in [9.17, 15) is 14.4 Å². The summed E-state index contributed by atoms with van der Waals surface area (Å²) in [6, 6.07) is 0. The Morgan fingerprint density at radius 1 is 1.44 bits per heavy atom. The van der Waals surface area contributed by atoms with Crippen molar-refractivity contribution in [3.05, 3.63) is 11.1 Å². The summed E-state index contributed by atoms with van der Waals surface area (Å²) in [6.45, 7) is 5.39. The first kappa shape index (κ1) is 12.4. The monoisotopic (exact) mass is 226 g/mol. The largest absolute Gasteiger partial charge is 0.481 e. The standard InChI is InChI=1S/C11H14O5/c1-5(2)6(3)9-10(14)7(4-8(12)13)16-11(9)15/h5,7H,4H2,1-3H3,(H,12,13)/b9-6+. The Kier molecular flexibility index (Phi) is 3.47. The van der Waals surface area contributed by atoms with E-state index in [4.69, 9.17) is 9.84 Å². The molecular weight excluding hydrogens is 212 g/mol. The Hall–Kier alpha value is -1.65. The molecule has 1 heterocycles. The van der Waals surface area contributed by atoms with Crippen molar-refractivity contribution < 1.29 is 24.2 Å². The molecule has 0 amide bonds. The predicted molar refractivity (Wildman–Crippen MR) is 54.7 cm³/mol. The van der Waals surface area contributed by atoms with Gasteiger partial charge in [-0.05, 0) is 12.8 Å². The van der Waals surface area contributed by atoms with Crippen LogP contribution in [-0.2, 0) is 19.1 Å². The van der Waals surface area contributed by atoms with Gasteiger partial charge in [0.05, 0.1) is 6.42 Å². The second kappa shape index (κ2) is 4.47. The molecule has 0 bridgehead atoms. The summed E-state index contributed by atoms with van der Waals surface area (Å²) in [5.74, 6) is -2.33. The van der Waals surface area contributed by atoms with Crippen LogP contribution in [0.1, 0.15) is 27.2 Å². The summed E-state index contributed by atoms with van der Waals surface area (Å²) in [5, 5.41) is 8.55. The van der Waals surface area contributed by atoms with Crippen LogP contribution in [0.15, 0.2) is 11.1 Å². The lowest BCUT2D eigenvalue weighted by atomic mass is 9.95. The summed E-state index contributed by atoms with van der Waals surface area (Å²) in [5.41, 5.74) is 0.657. The van der Waals surface area contributed by atoms with Gasteiger partial charge in [-0.1, -0.05) is 19.4 Å². The maximum atomic E-state index is 11.7. The third-order valence-corrected chi connectivity index (χ3v) is 2.61. The Morgan fingerprint density at radius 2 is 2.00 bits per heavy atom. The highest BCUT2D eigenvalue weighted by Gasteiger charge is 2.40. The Morgan fingerprint density at radius 3 is 2.44 bits per heavy atom. The van der Waals surface area contributed by atoms with Crippen LogP contribution in [0.3, 0.4) is 0 Å². The van der Waals surface area contributed by atoms with E-state index in [1.54, 1.807) is 6.92 Å². The van der Waals surface area contributed by atoms with Gasteiger partial charge in [0.2, 0.25) is 5.78 Å². The van der Waals surface area contributed by atoms with Crippen LogP contribution in [0.25, 0.3) is 0 Å². The van der Waals surface area contributed by atoms with Crippen molar-refractivity contribution in [2.45, 2.75) is 33.3 Å². The fourth-order valence-corrected chi connectivity index (χ4v) is 1.44. The number of carbonyl (C=O) groups excluding carboxylic acids is 2. The molecule has 1 fully saturated rings. The average Bonchev–Trinajstić information content (AvgIpc) is 2.40. The number of Topliss-reactive ketones (excluding diaryl/α,β-unsaturated/α-hetero) is 1. The van der Waals surface area contributed by atoms with Crippen molar-refractivity contribution in [1.29, 1.82) is 0 Å². The van der Waals surface area contributed by atoms with Gasteiger partial charge in [0, 0.05) is 0 Å². The number of aliphatic carboxylic acids is 1. The fraction of sp³-hybridized carbons (Fsp3) is 0.545. The van der Waals surface area contributed by atoms with Gasteiger partial charge in [-0.25, -0.2) is 4.79 Å². The predicted octanol–water partition coefficient (Wildman–Crippen LogP) is 0.928. The Balaban J connectivity index is 3.00. The lowest BCUT2D eigenvalue weighted by Crippen LogP contribution is -2.20. The van der Waals surface area contributed by atoms with E-state index in [2.05, 4.69) is 0 Å². The summed E-state index contributed by atoms with van der Waals surface area (Å²) in [4.78, 5) is 33.6. The number of carbonyl (C=O) groups is 3. The molecule has 5 nitrogen and oxygen atoms in total. The van der Waals surface area contributed by atoms with Crippen molar-refractivity contribution >= 4 is 17.7 Å². The number of cyclic esters (lactones) is 1. The first-order valence-electron chi connectivity index (χ1n) is 5.02. The molecule has 1 aliphatic heterocycles. The fourth-order valence-electron chi connectivity index (χ4n) is 1.44. The lowest BCUT2D eigenvalue weighted by Gasteiger charge is -2.05. The first-order valence-corrected chi connectivity index (χ1v) is 5.02. The van der Waals surface area contributed by atoms with Gasteiger partial charge in [-0.3, -0.25) is 9.59 Å². The molecule has 88 valence electrons. The van der Waals surface area contributed by atoms with E-state index in [0.29, 0.717) is 5.57 Å². The number of ketones is 1. The third-order valence-electron chi connectivity index (χ3n) is 2.61. The molecule has 5 heteroatoms. The minimum Gasteiger partial charge on any atom is -0.481 e. The smallest absolute Gasteiger partial charge is 0.342 e. The number of ether oxygens (including phenoxy) is 1. The molecule has 0 aromatic heterocycles. The number of hydrogen-bond donors (Lipinski definition) is 1. The van der Waals surface area contributed by atoms with Crippen LogP contribution in [-0.4, -0.2) is 28.9 Å². The molecule has 1 unspecified atom stereocenters. The molecule has 0 aromatic rings. The lowest BCUT2D eigenvalue weighted by molar-refractivity contribution is -0.147. The van der Waals surface area contributed by atoms with Crippen LogP contribution in [0.2, 0.25) is 0 Å². The average molecular weight is 226 g/mol. The Labute approximate surface area is 93.1 Å². The molecule has 0 aromatic carbocycles. The maximum absolute atomic E-state index is 11.7. The topological polar surface area (TPSA) is 80.7 Å². The van der Waals surface area contributed by atoms with Gasteiger partial charge in [0.25, 0.3) is 0 Å². The molecule has 1 aliphatic rings. The summed E-state index contributed by atoms with van der Waals surface area (Å²) >= 11 is 0. The maximum Gasteiger partial charge on any atom is 0.342 e. The number of carboxylic acid groups (broad SMARTS) is 1. The van der Waals surface area contributed by atoms with Crippen molar-refractivity contribution in [3.63, 3.8) is 0 Å². The normalized spacial score (nSPS) is 23.6. The third kappa shape index (κ3) is 2.29. The van der Waals surface area contributed by atoms with Gasteiger partial charge in [0.1, 0.15) is 5.57 Å². The van der Waals surface area contributed by atoms with Crippen molar-refractivity contribution in [2.24, 2.45) is 5.92 Å². The van der Waals surface area contributed by atoms with E-state index in [1.807, 2.05) is 13.8 Å². The highest BCUT2D eigenvalue weighted by molar-refractivity contribution is 6.24. The zero-order valence-electron chi connectivity index (χ0n) is 9.44. The van der Waals surface area contributed by atoms with Crippen molar-refractivity contribution in [1.82, 2.24) is 0 Å². The second-order valence-corrected chi connectivity index (χ2v) is 4.07. The molecule has 1 N–H and O–H groups in total. The van der Waals surface area contributed by atoms with Crippen molar-refractivity contribution in [2.75, 3.05) is 0 Å². The number of allylic oxidation sites excluding steroid dienone is 1. The van der Waals surface area contributed by atoms with E-state index < -0.39 is 30.2 Å². The minimum absolute atomic E-state index is 0.0150. The SMILES string of the molecule is C/C(=C1\C(=O)OC(CC(=O)O)C1=O)C(C)C. The van der Waals surface area contributed by atoms with Gasteiger partial charge in [-0.15, -0.1) is 0 Å². The van der Waals surface area contributed by atoms with Gasteiger partial charge < -0.3 is 9.84 Å². The highest BCUT2D eigenvalue weighted by atomic mass is 16.6. The molecule has 1 saturated heterocycles. The van der Waals surface area contributed by atoms with Crippen LogP contribution < -0.4 is 0 Å². The number of hydrogen-bond acceptors (Lipinski definition) is 4. The highest BCUT2D eigenvalue weighted by Crippen LogP contribution is 2.25. The zero-order chi connectivity index (χ0) is 12.5. The molecule has 16 heavy (non-hydrogen) atoms. The van der Waals surface area contributed by atoms with E-state index in [1.165, 1.54) is 0 Å². The van der Waals surface area contributed by atoms with E-state index in [0.717, 1.165) is 0 Å². The summed E-state index contributed by atoms with van der Waals surface area (Å²) in [6.07, 6.45) is -1.63.